The number of methoxy groups -OCH3 is 1. The molecule has 3 aliphatic rings. The molecule has 27 heavy (non-hydrogen) atoms. The van der Waals surface area contributed by atoms with Crippen molar-refractivity contribution in [3.63, 3.8) is 0 Å². The minimum absolute atomic E-state index is 0.122. The van der Waals surface area contributed by atoms with Crippen LogP contribution in [0.5, 0.6) is 5.75 Å². The van der Waals surface area contributed by atoms with Gasteiger partial charge in [-0.1, -0.05) is 12.8 Å². The van der Waals surface area contributed by atoms with E-state index in [1.54, 1.807) is 13.3 Å². The highest BCUT2D eigenvalue weighted by molar-refractivity contribution is 5.87. The van der Waals surface area contributed by atoms with Gasteiger partial charge in [0, 0.05) is 6.20 Å². The third kappa shape index (κ3) is 3.57. The van der Waals surface area contributed by atoms with Crippen LogP contribution in [-0.4, -0.2) is 52.7 Å². The van der Waals surface area contributed by atoms with Crippen molar-refractivity contribution in [2.45, 2.75) is 69.1 Å². The van der Waals surface area contributed by atoms with Crippen molar-refractivity contribution in [1.29, 1.82) is 0 Å². The predicted octanol–water partition coefficient (Wildman–Crippen LogP) is 2.43. The quantitative estimate of drug-likeness (QED) is 0.801. The molecule has 0 bridgehead atoms. The van der Waals surface area contributed by atoms with Gasteiger partial charge in [0.15, 0.2) is 0 Å². The molecule has 6 heteroatoms. The number of hydrogen-bond acceptors (Lipinski definition) is 5. The Morgan fingerprint density at radius 2 is 1.96 bits per heavy atom. The second kappa shape index (κ2) is 7.76. The van der Waals surface area contributed by atoms with Crippen LogP contribution in [-0.2, 0) is 4.79 Å². The Hall–Kier alpha value is -1.66. The van der Waals surface area contributed by atoms with Crippen LogP contribution in [0, 0.1) is 5.92 Å². The van der Waals surface area contributed by atoms with E-state index in [1.165, 1.54) is 12.8 Å². The normalized spacial score (nSPS) is 28.5. The topological polar surface area (TPSA) is 74.7 Å². The summed E-state index contributed by atoms with van der Waals surface area (Å²) in [7, 11) is 1.63. The maximum atomic E-state index is 13.6. The Morgan fingerprint density at radius 3 is 2.59 bits per heavy atom. The minimum Gasteiger partial charge on any atom is -0.495 e. The Labute approximate surface area is 161 Å². The van der Waals surface area contributed by atoms with Gasteiger partial charge in [0.1, 0.15) is 11.3 Å². The van der Waals surface area contributed by atoms with E-state index >= 15 is 0 Å². The van der Waals surface area contributed by atoms with E-state index in [4.69, 9.17) is 4.74 Å². The molecule has 1 aliphatic heterocycles. The second-order valence-electron chi connectivity index (χ2n) is 8.43. The molecule has 3 fully saturated rings. The molecule has 2 N–H and O–H groups in total. The number of aliphatic hydroxyl groups is 1. The number of aromatic nitrogens is 1. The lowest BCUT2D eigenvalue weighted by Crippen LogP contribution is -2.58. The van der Waals surface area contributed by atoms with Crippen molar-refractivity contribution in [3.05, 3.63) is 24.0 Å². The van der Waals surface area contributed by atoms with E-state index in [0.29, 0.717) is 5.75 Å². The molecule has 0 unspecified atom stereocenters. The summed E-state index contributed by atoms with van der Waals surface area (Å²) in [6, 6.07) is 1.84. The first-order valence-electron chi connectivity index (χ1n) is 10.4. The van der Waals surface area contributed by atoms with E-state index in [0.717, 1.165) is 57.2 Å². The summed E-state index contributed by atoms with van der Waals surface area (Å²) >= 11 is 0. The highest BCUT2D eigenvalue weighted by atomic mass is 16.5. The first-order valence-corrected chi connectivity index (χ1v) is 10.4. The van der Waals surface area contributed by atoms with Gasteiger partial charge in [-0.05, 0) is 69.2 Å². The summed E-state index contributed by atoms with van der Waals surface area (Å²) in [6.45, 7) is 2.06. The van der Waals surface area contributed by atoms with Crippen LogP contribution in [0.1, 0.15) is 63.0 Å². The molecule has 1 amide bonds. The summed E-state index contributed by atoms with van der Waals surface area (Å²) < 4.78 is 5.33. The number of likely N-dealkylation sites (tertiary alicyclic amines) is 1. The monoisotopic (exact) mass is 373 g/mol. The zero-order valence-electron chi connectivity index (χ0n) is 16.2. The van der Waals surface area contributed by atoms with E-state index in [2.05, 4.69) is 15.2 Å². The standard InChI is InChI=1S/C21H31N3O3/c1-27-18-12-16(13-22-14-18)19(15-10-17(25)11-15)23-20(26)21(6-2-3-7-21)24-8-4-5-9-24/h12-15,17,19,25H,2-11H2,1H3,(H,23,26)/t15?,17?,19-/m0/s1. The fourth-order valence-corrected chi connectivity index (χ4v) is 5.16. The van der Waals surface area contributed by atoms with Gasteiger partial charge in [-0.2, -0.15) is 0 Å². The number of rotatable bonds is 6. The second-order valence-corrected chi connectivity index (χ2v) is 8.43. The molecule has 6 nitrogen and oxygen atoms in total. The molecule has 1 atom stereocenters. The summed E-state index contributed by atoms with van der Waals surface area (Å²) in [6.07, 6.45) is 11.2. The van der Waals surface area contributed by atoms with Crippen molar-refractivity contribution in [2.75, 3.05) is 20.2 Å². The largest absolute Gasteiger partial charge is 0.495 e. The van der Waals surface area contributed by atoms with E-state index in [1.807, 2.05) is 12.3 Å². The number of pyridine rings is 1. The number of nitrogens with zero attached hydrogens (tertiary/aromatic N) is 2. The van der Waals surface area contributed by atoms with Crippen LogP contribution in [0.15, 0.2) is 18.5 Å². The van der Waals surface area contributed by atoms with E-state index in [9.17, 15) is 9.90 Å². The first-order chi connectivity index (χ1) is 13.1. The Kier molecular flexibility index (Phi) is 5.37. The maximum Gasteiger partial charge on any atom is 0.241 e. The Morgan fingerprint density at radius 1 is 1.26 bits per heavy atom. The number of amides is 1. The summed E-state index contributed by atoms with van der Waals surface area (Å²) in [4.78, 5) is 20.3. The number of hydrogen-bond donors (Lipinski definition) is 2. The lowest BCUT2D eigenvalue weighted by atomic mass is 9.75. The molecule has 1 saturated heterocycles. The molecule has 0 radical (unpaired) electrons. The molecular weight excluding hydrogens is 342 g/mol. The third-order valence-electron chi connectivity index (χ3n) is 6.80. The molecular formula is C21H31N3O3. The number of carbonyl (C=O) groups excluding carboxylic acids is 1. The predicted molar refractivity (Wildman–Crippen MR) is 102 cm³/mol. The lowest BCUT2D eigenvalue weighted by Gasteiger charge is -2.42. The number of carbonyl (C=O) groups is 1. The van der Waals surface area contributed by atoms with E-state index < -0.39 is 0 Å². The van der Waals surface area contributed by atoms with Crippen molar-refractivity contribution in [1.82, 2.24) is 15.2 Å². The SMILES string of the molecule is COc1cncc([C@@H](NC(=O)C2(N3CCCC3)CCCC2)C2CC(O)C2)c1. The molecule has 4 rings (SSSR count). The van der Waals surface area contributed by atoms with Gasteiger partial charge < -0.3 is 15.2 Å². The molecule has 2 aliphatic carbocycles. The van der Waals surface area contributed by atoms with E-state index in [-0.39, 0.29) is 29.5 Å². The highest BCUT2D eigenvalue weighted by Crippen LogP contribution is 2.42. The lowest BCUT2D eigenvalue weighted by molar-refractivity contribution is -0.135. The molecule has 148 valence electrons. The van der Waals surface area contributed by atoms with Crippen LogP contribution in [0.25, 0.3) is 0 Å². The molecule has 1 aromatic rings. The molecule has 2 saturated carbocycles. The summed E-state index contributed by atoms with van der Waals surface area (Å²) in [5.41, 5.74) is 0.623. The number of nitrogens with one attached hydrogen (secondary N) is 1. The zero-order chi connectivity index (χ0) is 18.9. The van der Waals surface area contributed by atoms with Gasteiger partial charge in [-0.25, -0.2) is 0 Å². The summed E-state index contributed by atoms with van der Waals surface area (Å²) in [5.74, 6) is 1.10. The molecule has 0 aromatic carbocycles. The molecule has 1 aromatic heterocycles. The van der Waals surface area contributed by atoms with Crippen molar-refractivity contribution in [2.24, 2.45) is 5.92 Å². The fraction of sp³-hybridized carbons (Fsp3) is 0.714. The van der Waals surface area contributed by atoms with Gasteiger partial charge in [0.2, 0.25) is 5.91 Å². The first kappa shape index (κ1) is 18.7. The smallest absolute Gasteiger partial charge is 0.241 e. The van der Waals surface area contributed by atoms with Crippen molar-refractivity contribution < 1.29 is 14.6 Å². The van der Waals surface area contributed by atoms with Gasteiger partial charge in [-0.3, -0.25) is 14.7 Å². The van der Waals surface area contributed by atoms with Crippen LogP contribution in [0.3, 0.4) is 0 Å². The highest BCUT2D eigenvalue weighted by Gasteiger charge is 2.48. The minimum atomic E-state index is -0.344. The van der Waals surface area contributed by atoms with Crippen LogP contribution in [0.4, 0.5) is 0 Å². The van der Waals surface area contributed by atoms with Gasteiger partial charge in [0.25, 0.3) is 0 Å². The number of aliphatic hydroxyl groups excluding tert-OH is 1. The summed E-state index contributed by atoms with van der Waals surface area (Å²) in [5, 5.41) is 13.2. The van der Waals surface area contributed by atoms with Crippen LogP contribution >= 0.6 is 0 Å². The van der Waals surface area contributed by atoms with Crippen molar-refractivity contribution in [3.8, 4) is 5.75 Å². The van der Waals surface area contributed by atoms with Crippen LogP contribution < -0.4 is 10.1 Å². The van der Waals surface area contributed by atoms with Crippen molar-refractivity contribution >= 4 is 5.91 Å². The van der Waals surface area contributed by atoms with Gasteiger partial charge in [0.05, 0.1) is 25.5 Å². The Bertz CT molecular complexity index is 662. The fourth-order valence-electron chi connectivity index (χ4n) is 5.16. The number of ether oxygens (including phenoxy) is 1. The van der Waals surface area contributed by atoms with Gasteiger partial charge >= 0.3 is 0 Å². The molecule has 2 heterocycles. The van der Waals surface area contributed by atoms with Crippen LogP contribution in [0.2, 0.25) is 0 Å². The van der Waals surface area contributed by atoms with Gasteiger partial charge in [-0.15, -0.1) is 0 Å². The average molecular weight is 373 g/mol. The average Bonchev–Trinajstić information content (AvgIpc) is 3.35. The third-order valence-corrected chi connectivity index (χ3v) is 6.80. The zero-order valence-corrected chi connectivity index (χ0v) is 16.2. The molecule has 0 spiro atoms. The Balaban J connectivity index is 1.57. The maximum absolute atomic E-state index is 13.6.